The summed E-state index contributed by atoms with van der Waals surface area (Å²) in [7, 11) is 1.64. The van der Waals surface area contributed by atoms with Crippen molar-refractivity contribution in [2.45, 2.75) is 25.1 Å². The van der Waals surface area contributed by atoms with Crippen molar-refractivity contribution in [3.63, 3.8) is 0 Å². The molecule has 0 aliphatic heterocycles. The molecule has 130 valence electrons. The van der Waals surface area contributed by atoms with Crippen molar-refractivity contribution in [1.29, 1.82) is 0 Å². The van der Waals surface area contributed by atoms with Gasteiger partial charge in [-0.05, 0) is 40.5 Å². The van der Waals surface area contributed by atoms with Crippen LogP contribution in [-0.2, 0) is 4.74 Å². The number of pyridine rings is 1. The molecule has 0 fully saturated rings. The summed E-state index contributed by atoms with van der Waals surface area (Å²) >= 11 is 3.48. The summed E-state index contributed by atoms with van der Waals surface area (Å²) in [6, 6.07) is 10.7. The number of nitrogens with zero attached hydrogens (tertiary/aromatic N) is 2. The smallest absolute Gasteiger partial charge is 0.387 e. The number of hydrogen-bond acceptors (Lipinski definition) is 3. The Morgan fingerprint density at radius 3 is 2.80 bits per heavy atom. The highest BCUT2D eigenvalue weighted by molar-refractivity contribution is 9.10. The molecule has 1 aromatic carbocycles. The Morgan fingerprint density at radius 1 is 1.24 bits per heavy atom. The fourth-order valence-corrected chi connectivity index (χ4v) is 3.87. The Bertz CT molecular complexity index is 929. The van der Waals surface area contributed by atoms with E-state index in [0.717, 1.165) is 21.5 Å². The molecule has 25 heavy (non-hydrogen) atoms. The van der Waals surface area contributed by atoms with Crippen LogP contribution >= 0.6 is 15.9 Å². The predicted molar refractivity (Wildman–Crippen MR) is 92.2 cm³/mol. The molecule has 4 nitrogen and oxygen atoms in total. The number of alkyl halides is 2. The van der Waals surface area contributed by atoms with Crippen LogP contribution in [0, 0.1) is 0 Å². The summed E-state index contributed by atoms with van der Waals surface area (Å²) in [5.41, 5.74) is 3.31. The van der Waals surface area contributed by atoms with Crippen molar-refractivity contribution >= 4 is 21.6 Å². The van der Waals surface area contributed by atoms with E-state index in [0.29, 0.717) is 12.0 Å². The summed E-state index contributed by atoms with van der Waals surface area (Å²) in [4.78, 5) is 4.68. The summed E-state index contributed by atoms with van der Waals surface area (Å²) in [5.74, 6) is 0.0503. The second-order valence-corrected chi connectivity index (χ2v) is 6.80. The third-order valence-electron chi connectivity index (χ3n) is 4.53. The number of ether oxygens (including phenoxy) is 2. The van der Waals surface area contributed by atoms with Crippen molar-refractivity contribution in [3.05, 3.63) is 64.0 Å². The maximum absolute atomic E-state index is 12.8. The molecule has 1 aliphatic rings. The van der Waals surface area contributed by atoms with Gasteiger partial charge in [-0.1, -0.05) is 18.2 Å². The largest absolute Gasteiger partial charge is 0.435 e. The van der Waals surface area contributed by atoms with Gasteiger partial charge in [0, 0.05) is 29.3 Å². The van der Waals surface area contributed by atoms with Crippen LogP contribution in [0.15, 0.2) is 47.1 Å². The molecule has 0 spiro atoms. The van der Waals surface area contributed by atoms with Gasteiger partial charge in [-0.3, -0.25) is 0 Å². The van der Waals surface area contributed by atoms with Gasteiger partial charge in [0.25, 0.3) is 0 Å². The molecule has 3 aromatic rings. The molecule has 0 radical (unpaired) electrons. The van der Waals surface area contributed by atoms with Crippen molar-refractivity contribution < 1.29 is 18.3 Å². The number of hydrogen-bond donors (Lipinski definition) is 0. The van der Waals surface area contributed by atoms with Crippen LogP contribution in [0.25, 0.3) is 5.65 Å². The molecule has 0 unspecified atom stereocenters. The lowest BCUT2D eigenvalue weighted by Gasteiger charge is -2.17. The number of para-hydroxylation sites is 1. The lowest BCUT2D eigenvalue weighted by Crippen LogP contribution is -2.08. The van der Waals surface area contributed by atoms with Gasteiger partial charge < -0.3 is 13.9 Å². The number of benzene rings is 1. The van der Waals surface area contributed by atoms with Gasteiger partial charge >= 0.3 is 6.61 Å². The standard InChI is InChI=1S/C18H15BrF2N2O2/c1-24-14-8-12(11-4-2-3-5-13(11)25-18(20)21)17-16(14)22-15-7-6-10(19)9-23(15)17/h2-7,9,12,14,18H,8H2,1H3/t12-,14-/m1/s1. The molecular formula is C18H15BrF2N2O2. The highest BCUT2D eigenvalue weighted by atomic mass is 79.9. The molecule has 0 amide bonds. The lowest BCUT2D eigenvalue weighted by molar-refractivity contribution is -0.0506. The minimum absolute atomic E-state index is 0.140. The quantitative estimate of drug-likeness (QED) is 0.614. The molecule has 4 rings (SSSR count). The average molecular weight is 409 g/mol. The monoisotopic (exact) mass is 408 g/mol. The number of rotatable bonds is 4. The third kappa shape index (κ3) is 2.81. The topological polar surface area (TPSA) is 35.8 Å². The van der Waals surface area contributed by atoms with Crippen LogP contribution in [0.2, 0.25) is 0 Å². The number of halogens is 3. The fourth-order valence-electron chi connectivity index (χ4n) is 3.53. The molecule has 2 aromatic heterocycles. The molecule has 7 heteroatoms. The van der Waals surface area contributed by atoms with E-state index in [-0.39, 0.29) is 17.8 Å². The Balaban J connectivity index is 1.89. The van der Waals surface area contributed by atoms with E-state index in [1.54, 1.807) is 19.2 Å². The highest BCUT2D eigenvalue weighted by Gasteiger charge is 2.38. The molecule has 0 saturated carbocycles. The van der Waals surface area contributed by atoms with Gasteiger partial charge in [0.2, 0.25) is 0 Å². The van der Waals surface area contributed by atoms with E-state index >= 15 is 0 Å². The predicted octanol–water partition coefficient (Wildman–Crippen LogP) is 4.92. The maximum Gasteiger partial charge on any atom is 0.387 e. The zero-order valence-corrected chi connectivity index (χ0v) is 14.9. The lowest BCUT2D eigenvalue weighted by atomic mass is 9.95. The molecule has 1 aliphatic carbocycles. The van der Waals surface area contributed by atoms with Crippen LogP contribution in [0.5, 0.6) is 5.75 Å². The van der Waals surface area contributed by atoms with E-state index in [1.807, 2.05) is 34.9 Å². The Hall–Kier alpha value is -1.99. The number of fused-ring (bicyclic) bond motifs is 3. The minimum atomic E-state index is -2.86. The first kappa shape index (κ1) is 16.5. The summed E-state index contributed by atoms with van der Waals surface area (Å²) in [5, 5.41) is 0. The van der Waals surface area contributed by atoms with E-state index in [9.17, 15) is 8.78 Å². The first-order valence-corrected chi connectivity index (χ1v) is 8.61. The Morgan fingerprint density at radius 2 is 2.04 bits per heavy atom. The highest BCUT2D eigenvalue weighted by Crippen LogP contribution is 2.48. The Kier molecular flexibility index (Phi) is 4.21. The van der Waals surface area contributed by atoms with Gasteiger partial charge in [-0.25, -0.2) is 4.98 Å². The van der Waals surface area contributed by atoms with E-state index < -0.39 is 6.61 Å². The zero-order chi connectivity index (χ0) is 17.6. The molecular weight excluding hydrogens is 394 g/mol. The van der Waals surface area contributed by atoms with Crippen LogP contribution in [0.1, 0.15) is 35.4 Å². The van der Waals surface area contributed by atoms with Gasteiger partial charge in [-0.2, -0.15) is 8.78 Å². The van der Waals surface area contributed by atoms with Crippen molar-refractivity contribution in [3.8, 4) is 5.75 Å². The summed E-state index contributed by atoms with van der Waals surface area (Å²) in [6.45, 7) is -2.86. The van der Waals surface area contributed by atoms with Crippen molar-refractivity contribution in [2.24, 2.45) is 0 Å². The number of aromatic nitrogens is 2. The van der Waals surface area contributed by atoms with E-state index in [1.165, 1.54) is 0 Å². The van der Waals surface area contributed by atoms with Gasteiger partial charge in [-0.15, -0.1) is 0 Å². The van der Waals surface area contributed by atoms with Crippen molar-refractivity contribution in [2.75, 3.05) is 7.11 Å². The first-order valence-electron chi connectivity index (χ1n) is 7.82. The van der Waals surface area contributed by atoms with Gasteiger partial charge in [0.1, 0.15) is 17.5 Å². The second kappa shape index (κ2) is 6.38. The molecule has 0 bridgehead atoms. The van der Waals surface area contributed by atoms with Gasteiger partial charge in [0.05, 0.1) is 11.4 Å². The van der Waals surface area contributed by atoms with Crippen molar-refractivity contribution in [1.82, 2.24) is 9.38 Å². The normalized spacial score (nSPS) is 19.6. The summed E-state index contributed by atoms with van der Waals surface area (Å²) < 4.78 is 38.8. The SMILES string of the molecule is CO[C@@H]1C[C@H](c2ccccc2OC(F)F)c2c1nc1ccc(Br)cn21. The third-order valence-corrected chi connectivity index (χ3v) is 5.00. The van der Waals surface area contributed by atoms with E-state index in [4.69, 9.17) is 9.47 Å². The number of imidazole rings is 1. The minimum Gasteiger partial charge on any atom is -0.435 e. The fraction of sp³-hybridized carbons (Fsp3) is 0.278. The molecule has 2 atom stereocenters. The van der Waals surface area contributed by atoms with Crippen LogP contribution in [0.4, 0.5) is 8.78 Å². The van der Waals surface area contributed by atoms with Crippen LogP contribution < -0.4 is 4.74 Å². The van der Waals surface area contributed by atoms with Crippen LogP contribution in [0.3, 0.4) is 0 Å². The van der Waals surface area contributed by atoms with Gasteiger partial charge in [0.15, 0.2) is 0 Å². The second-order valence-electron chi connectivity index (χ2n) is 5.89. The Labute approximate surface area is 151 Å². The molecule has 0 N–H and O–H groups in total. The van der Waals surface area contributed by atoms with E-state index in [2.05, 4.69) is 20.9 Å². The maximum atomic E-state index is 12.8. The van der Waals surface area contributed by atoms with Crippen LogP contribution in [-0.4, -0.2) is 23.1 Å². The number of methoxy groups -OCH3 is 1. The molecule has 2 heterocycles. The molecule has 0 saturated heterocycles. The average Bonchev–Trinajstić information content (AvgIpc) is 3.12. The summed E-state index contributed by atoms with van der Waals surface area (Å²) in [6.07, 6.45) is 2.38. The first-order chi connectivity index (χ1) is 12.1. The zero-order valence-electron chi connectivity index (χ0n) is 13.3.